The topological polar surface area (TPSA) is 94.0 Å². The molecule has 168 valence electrons. The van der Waals surface area contributed by atoms with Crippen LogP contribution in [0.1, 0.15) is 27.0 Å². The number of nitrogens with one attached hydrogen (secondary N) is 1. The first kappa shape index (κ1) is 22.9. The Kier molecular flexibility index (Phi) is 7.00. The van der Waals surface area contributed by atoms with Crippen LogP contribution < -0.4 is 10.9 Å². The van der Waals surface area contributed by atoms with Gasteiger partial charge >= 0.3 is 0 Å². The molecule has 33 heavy (non-hydrogen) atoms. The Balaban J connectivity index is 1.59. The third-order valence-corrected chi connectivity index (χ3v) is 7.01. The predicted octanol–water partition coefficient (Wildman–Crippen LogP) is 3.80. The number of fused-ring (bicyclic) bond motifs is 1. The zero-order valence-electron chi connectivity index (χ0n) is 18.2. The van der Waals surface area contributed by atoms with Crippen molar-refractivity contribution in [2.24, 2.45) is 0 Å². The van der Waals surface area contributed by atoms with E-state index in [1.807, 2.05) is 31.2 Å². The van der Waals surface area contributed by atoms with E-state index in [0.717, 1.165) is 10.4 Å². The molecule has 0 unspecified atom stereocenters. The normalized spacial score (nSPS) is 11.0. The molecule has 9 heteroatoms. The molecule has 0 aliphatic carbocycles. The maximum Gasteiger partial charge on any atom is 0.267 e. The summed E-state index contributed by atoms with van der Waals surface area (Å²) in [7, 11) is 0. The van der Waals surface area contributed by atoms with Gasteiger partial charge in [-0.2, -0.15) is 0 Å². The summed E-state index contributed by atoms with van der Waals surface area (Å²) in [4.78, 5) is 47.9. The van der Waals surface area contributed by atoms with Crippen LogP contribution in [0.3, 0.4) is 0 Å². The van der Waals surface area contributed by atoms with Crippen LogP contribution >= 0.6 is 23.1 Å². The van der Waals surface area contributed by atoms with Gasteiger partial charge in [0.15, 0.2) is 10.9 Å². The van der Waals surface area contributed by atoms with Gasteiger partial charge in [0.1, 0.15) is 5.82 Å². The van der Waals surface area contributed by atoms with Crippen molar-refractivity contribution >= 4 is 45.7 Å². The van der Waals surface area contributed by atoms with E-state index >= 15 is 0 Å². The van der Waals surface area contributed by atoms with Crippen molar-refractivity contribution in [3.8, 4) is 5.82 Å². The summed E-state index contributed by atoms with van der Waals surface area (Å²) in [5.41, 5.74) is 1.33. The second-order valence-electron chi connectivity index (χ2n) is 7.45. The van der Waals surface area contributed by atoms with Crippen molar-refractivity contribution in [2.45, 2.75) is 25.4 Å². The van der Waals surface area contributed by atoms with Gasteiger partial charge in [-0.1, -0.05) is 23.9 Å². The molecule has 0 radical (unpaired) electrons. The monoisotopic (exact) mass is 478 g/mol. The summed E-state index contributed by atoms with van der Waals surface area (Å²) in [6.45, 7) is 3.95. The van der Waals surface area contributed by atoms with Gasteiger partial charge in [-0.25, -0.2) is 14.5 Å². The van der Waals surface area contributed by atoms with Crippen molar-refractivity contribution in [1.29, 1.82) is 0 Å². The van der Waals surface area contributed by atoms with Crippen molar-refractivity contribution < 1.29 is 9.59 Å². The van der Waals surface area contributed by atoms with Crippen molar-refractivity contribution in [3.63, 3.8) is 0 Å². The number of benzene rings is 1. The van der Waals surface area contributed by atoms with Crippen LogP contribution in [-0.4, -0.2) is 38.5 Å². The highest BCUT2D eigenvalue weighted by Crippen LogP contribution is 2.24. The Morgan fingerprint density at radius 1 is 1.15 bits per heavy atom. The van der Waals surface area contributed by atoms with E-state index in [0.29, 0.717) is 39.7 Å². The van der Waals surface area contributed by atoms with Crippen LogP contribution in [0.4, 0.5) is 0 Å². The van der Waals surface area contributed by atoms with Gasteiger partial charge in [0.25, 0.3) is 5.56 Å². The molecule has 0 spiro atoms. The summed E-state index contributed by atoms with van der Waals surface area (Å²) in [6.07, 6.45) is 2.33. The molecule has 0 saturated heterocycles. The number of Topliss-reactive ketones (excluding diaryl/α,β-unsaturated/α-hetero) is 1. The van der Waals surface area contributed by atoms with Gasteiger partial charge in [0.05, 0.1) is 21.5 Å². The molecular formula is C24H22N4O3S2. The van der Waals surface area contributed by atoms with Gasteiger partial charge in [-0.3, -0.25) is 14.4 Å². The number of aryl methyl sites for hydroxylation is 1. The molecule has 0 aliphatic heterocycles. The van der Waals surface area contributed by atoms with E-state index in [1.165, 1.54) is 34.6 Å². The van der Waals surface area contributed by atoms with E-state index < -0.39 is 0 Å². The van der Waals surface area contributed by atoms with Crippen LogP contribution in [0.5, 0.6) is 0 Å². The molecule has 0 fully saturated rings. The smallest absolute Gasteiger partial charge is 0.267 e. The molecule has 1 amide bonds. The first-order valence-electron chi connectivity index (χ1n) is 10.4. The van der Waals surface area contributed by atoms with Gasteiger partial charge in [-0.05, 0) is 55.3 Å². The summed E-state index contributed by atoms with van der Waals surface area (Å²) in [6, 6.07) is 14.6. The highest BCUT2D eigenvalue weighted by molar-refractivity contribution is 7.99. The van der Waals surface area contributed by atoms with E-state index in [2.05, 4.69) is 15.3 Å². The number of aromatic nitrogens is 3. The number of para-hydroxylation sites is 1. The zero-order valence-corrected chi connectivity index (χ0v) is 19.8. The quantitative estimate of drug-likeness (QED) is 0.235. The molecule has 4 rings (SSSR count). The van der Waals surface area contributed by atoms with Crippen molar-refractivity contribution in [2.75, 3.05) is 12.3 Å². The lowest BCUT2D eigenvalue weighted by Crippen LogP contribution is -2.23. The summed E-state index contributed by atoms with van der Waals surface area (Å²) in [5.74, 6) is 0.505. The molecule has 0 bridgehead atoms. The number of rotatable bonds is 8. The van der Waals surface area contributed by atoms with Crippen LogP contribution in [0.25, 0.3) is 16.7 Å². The standard InChI is InChI=1S/C24H22N4O3S2/c1-15-9-11-26-22(13-15)28-23(31)18-5-3-4-6-19(18)27-24(28)32-14-20(30)21-8-7-17(33-21)10-12-25-16(2)29/h3-9,11,13H,10,12,14H2,1-2H3,(H,25,29). The highest BCUT2D eigenvalue weighted by Gasteiger charge is 2.17. The predicted molar refractivity (Wildman–Crippen MR) is 132 cm³/mol. The van der Waals surface area contributed by atoms with E-state index in [9.17, 15) is 14.4 Å². The number of nitrogens with zero attached hydrogens (tertiary/aromatic N) is 3. The maximum atomic E-state index is 13.3. The number of pyridine rings is 1. The Morgan fingerprint density at radius 3 is 2.76 bits per heavy atom. The molecule has 0 atom stereocenters. The Labute approximate surface area is 198 Å². The maximum absolute atomic E-state index is 13.3. The lowest BCUT2D eigenvalue weighted by molar-refractivity contribution is -0.118. The molecule has 3 aromatic heterocycles. The molecule has 0 aliphatic rings. The fourth-order valence-corrected chi connectivity index (χ4v) is 5.20. The van der Waals surface area contributed by atoms with Gasteiger partial charge < -0.3 is 5.32 Å². The fraction of sp³-hybridized carbons (Fsp3) is 0.208. The zero-order chi connectivity index (χ0) is 23.4. The Hall–Kier alpha value is -3.30. The minimum Gasteiger partial charge on any atom is -0.356 e. The van der Waals surface area contributed by atoms with E-state index in [4.69, 9.17) is 0 Å². The molecule has 7 nitrogen and oxygen atoms in total. The number of carbonyl (C=O) groups excluding carboxylic acids is 2. The van der Waals surface area contributed by atoms with Gasteiger partial charge in [0, 0.05) is 24.5 Å². The first-order chi connectivity index (χ1) is 15.9. The van der Waals surface area contributed by atoms with Gasteiger partial charge in [-0.15, -0.1) is 11.3 Å². The number of ketones is 1. The largest absolute Gasteiger partial charge is 0.356 e. The number of amides is 1. The molecule has 0 saturated carbocycles. The minimum atomic E-state index is -0.218. The van der Waals surface area contributed by atoms with Crippen LogP contribution in [0.2, 0.25) is 0 Å². The average molecular weight is 479 g/mol. The summed E-state index contributed by atoms with van der Waals surface area (Å²) < 4.78 is 1.47. The second kappa shape index (κ2) is 10.1. The second-order valence-corrected chi connectivity index (χ2v) is 9.57. The number of carbonyl (C=O) groups is 2. The lowest BCUT2D eigenvalue weighted by atomic mass is 10.2. The number of hydrogen-bond acceptors (Lipinski definition) is 7. The summed E-state index contributed by atoms with van der Waals surface area (Å²) >= 11 is 2.64. The third-order valence-electron chi connectivity index (χ3n) is 4.89. The van der Waals surface area contributed by atoms with E-state index in [-0.39, 0.29) is 23.0 Å². The SMILES string of the molecule is CC(=O)NCCc1ccc(C(=O)CSc2nc3ccccc3c(=O)n2-c2cc(C)ccn2)s1. The molecule has 1 aromatic carbocycles. The average Bonchev–Trinajstić information content (AvgIpc) is 3.26. The van der Waals surface area contributed by atoms with Crippen LogP contribution in [0.15, 0.2) is 64.7 Å². The number of thiophene rings is 1. The highest BCUT2D eigenvalue weighted by atomic mass is 32.2. The molecule has 1 N–H and O–H groups in total. The van der Waals surface area contributed by atoms with Crippen LogP contribution in [0, 0.1) is 6.92 Å². The Morgan fingerprint density at radius 2 is 1.97 bits per heavy atom. The van der Waals surface area contributed by atoms with Gasteiger partial charge in [0.2, 0.25) is 5.91 Å². The van der Waals surface area contributed by atoms with Crippen molar-refractivity contribution in [3.05, 3.63) is 80.4 Å². The summed E-state index contributed by atoms with van der Waals surface area (Å²) in [5, 5.41) is 3.68. The van der Waals surface area contributed by atoms with Crippen LogP contribution in [-0.2, 0) is 11.2 Å². The molecular weight excluding hydrogens is 456 g/mol. The fourth-order valence-electron chi connectivity index (χ4n) is 3.28. The third kappa shape index (κ3) is 5.37. The molecule has 3 heterocycles. The molecule has 4 aromatic rings. The number of hydrogen-bond donors (Lipinski definition) is 1. The van der Waals surface area contributed by atoms with E-state index in [1.54, 1.807) is 30.5 Å². The first-order valence-corrected chi connectivity index (χ1v) is 12.2. The number of thioether (sulfide) groups is 1. The van der Waals surface area contributed by atoms with Crippen molar-refractivity contribution in [1.82, 2.24) is 19.9 Å². The Bertz CT molecular complexity index is 1390. The lowest BCUT2D eigenvalue weighted by Gasteiger charge is -2.12. The minimum absolute atomic E-state index is 0.0399.